The monoisotopic (exact) mass is 268 g/mol. The Kier molecular flexibility index (Phi) is 4.58. The van der Waals surface area contributed by atoms with Gasteiger partial charge in [0.2, 0.25) is 0 Å². The molecule has 19 heavy (non-hydrogen) atoms. The summed E-state index contributed by atoms with van der Waals surface area (Å²) in [6, 6.07) is 0. The molecule has 2 aliphatic rings. The van der Waals surface area contributed by atoms with Crippen LogP contribution in [0, 0.1) is 0 Å². The van der Waals surface area contributed by atoms with Crippen molar-refractivity contribution in [2.75, 3.05) is 6.61 Å². The Morgan fingerprint density at radius 2 is 2.16 bits per heavy atom. The van der Waals surface area contributed by atoms with Crippen LogP contribution in [0.2, 0.25) is 0 Å². The molecule has 2 heterocycles. The average molecular weight is 268 g/mol. The van der Waals surface area contributed by atoms with Gasteiger partial charge in [-0.15, -0.1) is 0 Å². The zero-order valence-corrected chi connectivity index (χ0v) is 11.2. The highest BCUT2D eigenvalue weighted by atomic mass is 16.6. The van der Waals surface area contributed by atoms with E-state index in [1.54, 1.807) is 6.92 Å². The van der Waals surface area contributed by atoms with E-state index < -0.39 is 5.97 Å². The molecule has 0 aromatic rings. The molecule has 0 amide bonds. The molecule has 0 aromatic carbocycles. The van der Waals surface area contributed by atoms with Crippen LogP contribution in [0.25, 0.3) is 0 Å². The van der Waals surface area contributed by atoms with E-state index in [9.17, 15) is 9.59 Å². The third kappa shape index (κ3) is 3.80. The van der Waals surface area contributed by atoms with E-state index in [2.05, 4.69) is 6.58 Å². The highest BCUT2D eigenvalue weighted by molar-refractivity contribution is 5.86. The van der Waals surface area contributed by atoms with Gasteiger partial charge in [-0.25, -0.2) is 4.79 Å². The molecule has 0 N–H and O–H groups in total. The van der Waals surface area contributed by atoms with Gasteiger partial charge in [-0.05, 0) is 26.2 Å². The van der Waals surface area contributed by atoms with Crippen LogP contribution < -0.4 is 0 Å². The van der Waals surface area contributed by atoms with Gasteiger partial charge in [0.25, 0.3) is 0 Å². The first-order valence-electron chi connectivity index (χ1n) is 6.74. The average Bonchev–Trinajstić information content (AvgIpc) is 2.96. The maximum absolute atomic E-state index is 11.6. The fourth-order valence-electron chi connectivity index (χ4n) is 2.45. The molecule has 2 saturated heterocycles. The van der Waals surface area contributed by atoms with Crippen molar-refractivity contribution < 1.29 is 23.8 Å². The van der Waals surface area contributed by atoms with Crippen LogP contribution in [0.3, 0.4) is 0 Å². The Morgan fingerprint density at radius 3 is 2.74 bits per heavy atom. The molecule has 3 atom stereocenters. The molecule has 3 unspecified atom stereocenters. The summed E-state index contributed by atoms with van der Waals surface area (Å²) in [4.78, 5) is 22.7. The predicted octanol–water partition coefficient (Wildman–Crippen LogP) is 1.75. The molecule has 0 aliphatic carbocycles. The number of fused-ring (bicyclic) bond motifs is 2. The third-order valence-corrected chi connectivity index (χ3v) is 3.44. The number of ether oxygens (including phenoxy) is 3. The smallest absolute Gasteiger partial charge is 0.333 e. The molecule has 0 radical (unpaired) electrons. The summed E-state index contributed by atoms with van der Waals surface area (Å²) in [5.74, 6) is -0.664. The van der Waals surface area contributed by atoms with Crippen molar-refractivity contribution in [3.05, 3.63) is 12.2 Å². The Labute approximate surface area is 112 Å². The lowest BCUT2D eigenvalue weighted by atomic mass is 9.98. The first-order chi connectivity index (χ1) is 9.06. The number of esters is 2. The molecular weight excluding hydrogens is 248 g/mol. The molecule has 0 aromatic heterocycles. The van der Waals surface area contributed by atoms with Crippen molar-refractivity contribution in [1.82, 2.24) is 0 Å². The minimum Gasteiger partial charge on any atom is -0.462 e. The highest BCUT2D eigenvalue weighted by Crippen LogP contribution is 2.36. The molecule has 0 saturated carbocycles. The van der Waals surface area contributed by atoms with Crippen LogP contribution in [0.1, 0.15) is 39.0 Å². The van der Waals surface area contributed by atoms with Gasteiger partial charge in [-0.2, -0.15) is 0 Å². The fraction of sp³-hybridized carbons (Fsp3) is 0.714. The first kappa shape index (κ1) is 14.1. The van der Waals surface area contributed by atoms with Crippen LogP contribution in [0.5, 0.6) is 0 Å². The summed E-state index contributed by atoms with van der Waals surface area (Å²) < 4.78 is 15.9. The Hall–Kier alpha value is -1.36. The van der Waals surface area contributed by atoms with E-state index in [0.29, 0.717) is 12.0 Å². The summed E-state index contributed by atoms with van der Waals surface area (Å²) in [7, 11) is 0. The molecule has 106 valence electrons. The quantitative estimate of drug-likeness (QED) is 0.417. The Bertz CT molecular complexity index is 376. The zero-order valence-electron chi connectivity index (χ0n) is 11.2. The maximum Gasteiger partial charge on any atom is 0.333 e. The fourth-order valence-corrected chi connectivity index (χ4v) is 2.45. The van der Waals surface area contributed by atoms with Crippen molar-refractivity contribution in [3.8, 4) is 0 Å². The van der Waals surface area contributed by atoms with E-state index in [0.717, 1.165) is 19.3 Å². The lowest BCUT2D eigenvalue weighted by molar-refractivity contribution is -0.152. The van der Waals surface area contributed by atoms with E-state index in [1.165, 1.54) is 0 Å². The zero-order chi connectivity index (χ0) is 13.8. The van der Waals surface area contributed by atoms with Crippen LogP contribution in [-0.4, -0.2) is 36.9 Å². The molecule has 0 spiro atoms. The van der Waals surface area contributed by atoms with Crippen molar-refractivity contribution in [1.29, 1.82) is 0 Å². The lowest BCUT2D eigenvalue weighted by Crippen LogP contribution is -2.28. The summed E-state index contributed by atoms with van der Waals surface area (Å²) in [5, 5.41) is 0. The SMILES string of the molecule is C=C(C)C(=O)OCCCC(=O)OC1CC2CCC1O2. The summed E-state index contributed by atoms with van der Waals surface area (Å²) in [6.45, 7) is 5.28. The van der Waals surface area contributed by atoms with Crippen LogP contribution >= 0.6 is 0 Å². The number of hydrogen-bond acceptors (Lipinski definition) is 5. The van der Waals surface area contributed by atoms with Crippen molar-refractivity contribution in [3.63, 3.8) is 0 Å². The third-order valence-electron chi connectivity index (χ3n) is 3.44. The van der Waals surface area contributed by atoms with Gasteiger partial charge >= 0.3 is 11.9 Å². The van der Waals surface area contributed by atoms with Gasteiger partial charge in [0, 0.05) is 18.4 Å². The largest absolute Gasteiger partial charge is 0.462 e. The van der Waals surface area contributed by atoms with Crippen molar-refractivity contribution >= 4 is 11.9 Å². The standard InChI is InChI=1S/C14H20O5/c1-9(2)14(16)17-7-3-4-13(15)19-12-8-10-5-6-11(12)18-10/h10-12H,1,3-8H2,2H3. The molecule has 5 nitrogen and oxygen atoms in total. The van der Waals surface area contributed by atoms with E-state index >= 15 is 0 Å². The van der Waals surface area contributed by atoms with Gasteiger partial charge in [-0.1, -0.05) is 6.58 Å². The second-order valence-electron chi connectivity index (χ2n) is 5.16. The van der Waals surface area contributed by atoms with E-state index in [4.69, 9.17) is 14.2 Å². The maximum atomic E-state index is 11.6. The number of carbonyl (C=O) groups excluding carboxylic acids is 2. The van der Waals surface area contributed by atoms with E-state index in [-0.39, 0.29) is 37.3 Å². The summed E-state index contributed by atoms with van der Waals surface area (Å²) in [6.07, 6.45) is 3.91. The Morgan fingerprint density at radius 1 is 1.37 bits per heavy atom. The molecule has 2 bridgehead atoms. The molecule has 2 rings (SSSR count). The van der Waals surface area contributed by atoms with Crippen molar-refractivity contribution in [2.24, 2.45) is 0 Å². The topological polar surface area (TPSA) is 61.8 Å². The number of rotatable bonds is 6. The van der Waals surface area contributed by atoms with Gasteiger partial charge < -0.3 is 14.2 Å². The van der Waals surface area contributed by atoms with E-state index in [1.807, 2.05) is 0 Å². The minimum absolute atomic E-state index is 0.0794. The minimum atomic E-state index is -0.421. The van der Waals surface area contributed by atoms with Crippen LogP contribution in [-0.2, 0) is 23.8 Å². The Balaban J connectivity index is 1.58. The van der Waals surface area contributed by atoms with Crippen LogP contribution in [0.15, 0.2) is 12.2 Å². The molecular formula is C14H20O5. The van der Waals surface area contributed by atoms with Gasteiger partial charge in [0.05, 0.1) is 18.8 Å². The second kappa shape index (κ2) is 6.19. The van der Waals surface area contributed by atoms with Gasteiger partial charge in [0.15, 0.2) is 0 Å². The number of hydrogen-bond donors (Lipinski definition) is 0. The van der Waals surface area contributed by atoms with Crippen LogP contribution in [0.4, 0.5) is 0 Å². The molecule has 2 fully saturated rings. The number of carbonyl (C=O) groups is 2. The normalized spacial score (nSPS) is 28.2. The second-order valence-corrected chi connectivity index (χ2v) is 5.16. The summed E-state index contributed by atoms with van der Waals surface area (Å²) >= 11 is 0. The van der Waals surface area contributed by atoms with Crippen molar-refractivity contribution in [2.45, 2.75) is 57.3 Å². The lowest BCUT2D eigenvalue weighted by Gasteiger charge is -2.19. The molecule has 2 aliphatic heterocycles. The predicted molar refractivity (Wildman–Crippen MR) is 67.4 cm³/mol. The molecule has 5 heteroatoms. The highest BCUT2D eigenvalue weighted by Gasteiger charge is 2.42. The summed E-state index contributed by atoms with van der Waals surface area (Å²) in [5.41, 5.74) is 0.363. The van der Waals surface area contributed by atoms with Gasteiger partial charge in [0.1, 0.15) is 6.10 Å². The van der Waals surface area contributed by atoms with Gasteiger partial charge in [-0.3, -0.25) is 4.79 Å². The first-order valence-corrected chi connectivity index (χ1v) is 6.74.